The number of nitrogens with zero attached hydrogens (tertiary/aromatic N) is 2. The first kappa shape index (κ1) is 14.9. The first-order chi connectivity index (χ1) is 10.0. The van der Waals surface area contributed by atoms with Crippen LogP contribution in [0.25, 0.3) is 0 Å². The maximum Gasteiger partial charge on any atom is 0.321 e. The second kappa shape index (κ2) is 5.83. The number of amides is 2. The summed E-state index contributed by atoms with van der Waals surface area (Å²) in [6, 6.07) is 8.23. The fourth-order valence-electron chi connectivity index (χ4n) is 2.49. The minimum absolute atomic E-state index is 0.223. The van der Waals surface area contributed by atoms with Gasteiger partial charge in [-0.1, -0.05) is 6.92 Å². The molecule has 1 aliphatic heterocycles. The summed E-state index contributed by atoms with van der Waals surface area (Å²) in [5.74, 6) is -0.848. The molecule has 0 radical (unpaired) electrons. The fourth-order valence-corrected chi connectivity index (χ4v) is 2.49. The SMILES string of the molecule is CCC1(C(=O)O)CCN(C(=O)Nc2ccc(C#N)cc2)C1. The molecule has 1 aromatic rings. The molecule has 1 saturated heterocycles. The summed E-state index contributed by atoms with van der Waals surface area (Å²) in [6.45, 7) is 2.49. The Kier molecular flexibility index (Phi) is 4.13. The van der Waals surface area contributed by atoms with E-state index in [0.29, 0.717) is 30.6 Å². The van der Waals surface area contributed by atoms with Gasteiger partial charge in [-0.05, 0) is 37.1 Å². The summed E-state index contributed by atoms with van der Waals surface area (Å²) in [5, 5.41) is 20.8. The molecule has 2 rings (SSSR count). The van der Waals surface area contributed by atoms with Gasteiger partial charge in [0.15, 0.2) is 0 Å². The number of carboxylic acid groups (broad SMARTS) is 1. The van der Waals surface area contributed by atoms with Crippen molar-refractivity contribution in [1.82, 2.24) is 4.90 Å². The Hall–Kier alpha value is -2.55. The van der Waals surface area contributed by atoms with Gasteiger partial charge >= 0.3 is 12.0 Å². The Bertz CT molecular complexity index is 591. The lowest BCUT2D eigenvalue weighted by Crippen LogP contribution is -2.38. The number of rotatable bonds is 3. The Morgan fingerprint density at radius 1 is 1.43 bits per heavy atom. The van der Waals surface area contributed by atoms with Crippen LogP contribution in [0.5, 0.6) is 0 Å². The van der Waals surface area contributed by atoms with Gasteiger partial charge in [-0.25, -0.2) is 4.79 Å². The van der Waals surface area contributed by atoms with E-state index in [0.717, 1.165) is 0 Å². The van der Waals surface area contributed by atoms with Gasteiger partial charge in [-0.2, -0.15) is 5.26 Å². The highest BCUT2D eigenvalue weighted by molar-refractivity contribution is 5.90. The summed E-state index contributed by atoms with van der Waals surface area (Å²) >= 11 is 0. The third-order valence-corrected chi connectivity index (χ3v) is 4.04. The van der Waals surface area contributed by atoms with E-state index < -0.39 is 11.4 Å². The number of likely N-dealkylation sites (tertiary alicyclic amines) is 1. The Morgan fingerprint density at radius 2 is 2.10 bits per heavy atom. The maximum absolute atomic E-state index is 12.2. The second-order valence-corrected chi connectivity index (χ2v) is 5.23. The van der Waals surface area contributed by atoms with E-state index in [-0.39, 0.29) is 12.6 Å². The summed E-state index contributed by atoms with van der Waals surface area (Å²) in [7, 11) is 0. The number of hydrogen-bond acceptors (Lipinski definition) is 3. The summed E-state index contributed by atoms with van der Waals surface area (Å²) in [4.78, 5) is 25.0. The zero-order valence-electron chi connectivity index (χ0n) is 11.8. The van der Waals surface area contributed by atoms with E-state index in [2.05, 4.69) is 5.32 Å². The minimum Gasteiger partial charge on any atom is -0.481 e. The molecule has 1 unspecified atom stereocenters. The molecule has 1 aliphatic rings. The number of urea groups is 1. The molecule has 0 saturated carbocycles. The van der Waals surface area contributed by atoms with Crippen molar-refractivity contribution in [2.75, 3.05) is 18.4 Å². The molecule has 0 aromatic heterocycles. The van der Waals surface area contributed by atoms with Crippen molar-refractivity contribution < 1.29 is 14.7 Å². The van der Waals surface area contributed by atoms with Crippen molar-refractivity contribution in [3.05, 3.63) is 29.8 Å². The molecule has 1 heterocycles. The normalized spacial score (nSPS) is 20.9. The van der Waals surface area contributed by atoms with Crippen LogP contribution in [0.15, 0.2) is 24.3 Å². The fraction of sp³-hybridized carbons (Fsp3) is 0.400. The standard InChI is InChI=1S/C15H17N3O3/c1-2-15(13(19)20)7-8-18(10-15)14(21)17-12-5-3-11(9-16)4-6-12/h3-6H,2,7-8,10H2,1H3,(H,17,21)(H,19,20). The van der Waals surface area contributed by atoms with Crippen molar-refractivity contribution >= 4 is 17.7 Å². The second-order valence-electron chi connectivity index (χ2n) is 5.23. The first-order valence-corrected chi connectivity index (χ1v) is 6.80. The lowest BCUT2D eigenvalue weighted by molar-refractivity contribution is -0.148. The number of aliphatic carboxylic acids is 1. The molecule has 6 heteroatoms. The van der Waals surface area contributed by atoms with Crippen LogP contribution >= 0.6 is 0 Å². The van der Waals surface area contributed by atoms with Gasteiger partial charge in [0.1, 0.15) is 0 Å². The molecule has 0 aliphatic carbocycles. The molecule has 21 heavy (non-hydrogen) atoms. The maximum atomic E-state index is 12.2. The van der Waals surface area contributed by atoms with Crippen molar-refractivity contribution in [3.63, 3.8) is 0 Å². The van der Waals surface area contributed by atoms with Crippen LogP contribution in [0.1, 0.15) is 25.3 Å². The van der Waals surface area contributed by atoms with Crippen LogP contribution in [0.2, 0.25) is 0 Å². The third-order valence-electron chi connectivity index (χ3n) is 4.04. The predicted octanol–water partition coefficient (Wildman–Crippen LogP) is 2.28. The monoisotopic (exact) mass is 287 g/mol. The van der Waals surface area contributed by atoms with E-state index in [1.165, 1.54) is 4.90 Å². The number of nitriles is 1. The van der Waals surface area contributed by atoms with E-state index in [1.807, 2.05) is 13.0 Å². The topological polar surface area (TPSA) is 93.4 Å². The van der Waals surface area contributed by atoms with Crippen LogP contribution in [0.3, 0.4) is 0 Å². The molecule has 2 N–H and O–H groups in total. The van der Waals surface area contributed by atoms with Crippen molar-refractivity contribution in [1.29, 1.82) is 5.26 Å². The van der Waals surface area contributed by atoms with E-state index >= 15 is 0 Å². The zero-order valence-corrected chi connectivity index (χ0v) is 11.8. The summed E-state index contributed by atoms with van der Waals surface area (Å²) in [5.41, 5.74) is 0.274. The van der Waals surface area contributed by atoms with Crippen LogP contribution in [0.4, 0.5) is 10.5 Å². The van der Waals surface area contributed by atoms with Crippen LogP contribution in [0, 0.1) is 16.7 Å². The van der Waals surface area contributed by atoms with Gasteiger partial charge in [-0.3, -0.25) is 4.79 Å². The molecular formula is C15H17N3O3. The van der Waals surface area contributed by atoms with Crippen molar-refractivity contribution in [2.24, 2.45) is 5.41 Å². The number of hydrogen-bond donors (Lipinski definition) is 2. The largest absolute Gasteiger partial charge is 0.481 e. The number of nitrogens with one attached hydrogen (secondary N) is 1. The molecule has 6 nitrogen and oxygen atoms in total. The molecular weight excluding hydrogens is 270 g/mol. The lowest BCUT2D eigenvalue weighted by atomic mass is 9.84. The van der Waals surface area contributed by atoms with Gasteiger partial charge in [0.25, 0.3) is 0 Å². The quantitative estimate of drug-likeness (QED) is 0.891. The van der Waals surface area contributed by atoms with Crippen molar-refractivity contribution in [2.45, 2.75) is 19.8 Å². The average Bonchev–Trinajstić information content (AvgIpc) is 2.94. The van der Waals surface area contributed by atoms with Gasteiger partial charge < -0.3 is 15.3 Å². The molecule has 0 bridgehead atoms. The summed E-state index contributed by atoms with van der Waals surface area (Å²) in [6.07, 6.45) is 0.975. The van der Waals surface area contributed by atoms with E-state index in [4.69, 9.17) is 5.26 Å². The number of carboxylic acids is 1. The van der Waals surface area contributed by atoms with Gasteiger partial charge in [0, 0.05) is 18.8 Å². The summed E-state index contributed by atoms with van der Waals surface area (Å²) < 4.78 is 0. The van der Waals surface area contributed by atoms with Crippen LogP contribution < -0.4 is 5.32 Å². The predicted molar refractivity (Wildman–Crippen MR) is 76.7 cm³/mol. The Labute approximate surface area is 123 Å². The molecule has 0 spiro atoms. The highest BCUT2D eigenvalue weighted by atomic mass is 16.4. The molecule has 1 atom stereocenters. The zero-order chi connectivity index (χ0) is 15.5. The number of anilines is 1. The van der Waals surface area contributed by atoms with Crippen molar-refractivity contribution in [3.8, 4) is 6.07 Å². The van der Waals surface area contributed by atoms with Crippen LogP contribution in [-0.2, 0) is 4.79 Å². The van der Waals surface area contributed by atoms with E-state index in [1.54, 1.807) is 24.3 Å². The number of benzene rings is 1. The third kappa shape index (κ3) is 2.97. The Morgan fingerprint density at radius 3 is 2.57 bits per heavy atom. The Balaban J connectivity index is 2.01. The molecule has 1 fully saturated rings. The minimum atomic E-state index is -0.848. The van der Waals surface area contributed by atoms with Gasteiger partial charge in [0.2, 0.25) is 0 Å². The van der Waals surface area contributed by atoms with Crippen LogP contribution in [-0.4, -0.2) is 35.1 Å². The molecule has 110 valence electrons. The molecule has 2 amide bonds. The van der Waals surface area contributed by atoms with E-state index in [9.17, 15) is 14.7 Å². The lowest BCUT2D eigenvalue weighted by Gasteiger charge is -2.23. The molecule has 1 aromatic carbocycles. The van der Waals surface area contributed by atoms with Gasteiger partial charge in [-0.15, -0.1) is 0 Å². The first-order valence-electron chi connectivity index (χ1n) is 6.80. The smallest absolute Gasteiger partial charge is 0.321 e. The highest BCUT2D eigenvalue weighted by Crippen LogP contribution is 2.34. The average molecular weight is 287 g/mol. The van der Waals surface area contributed by atoms with Gasteiger partial charge in [0.05, 0.1) is 17.0 Å². The highest BCUT2D eigenvalue weighted by Gasteiger charge is 2.44. The number of carbonyl (C=O) groups is 2. The number of carbonyl (C=O) groups excluding carboxylic acids is 1.